The van der Waals surface area contributed by atoms with E-state index < -0.39 is 5.97 Å². The summed E-state index contributed by atoms with van der Waals surface area (Å²) in [4.78, 5) is 19.6. The van der Waals surface area contributed by atoms with Gasteiger partial charge in [0.25, 0.3) is 0 Å². The molecule has 166 valence electrons. The first-order valence-corrected chi connectivity index (χ1v) is 10.9. The average Bonchev–Trinajstić information content (AvgIpc) is 2.82. The van der Waals surface area contributed by atoms with Gasteiger partial charge in [-0.05, 0) is 69.0 Å². The van der Waals surface area contributed by atoms with Crippen molar-refractivity contribution in [3.05, 3.63) is 29.8 Å². The molecule has 0 aromatic heterocycles. The van der Waals surface area contributed by atoms with Crippen LogP contribution >= 0.6 is 0 Å². The largest absolute Gasteiger partial charge is 0.497 e. The number of piperidine rings is 1. The number of hydrogen-bond acceptors (Lipinski definition) is 7. The van der Waals surface area contributed by atoms with Crippen LogP contribution < -0.4 is 4.74 Å². The second-order valence-corrected chi connectivity index (χ2v) is 8.22. The Bertz CT molecular complexity index is 705. The molecule has 0 amide bonds. The number of carbonyl (C=O) groups excluding carboxylic acids is 1. The molecular formula is C23H34N2O5. The number of nitrogens with zero attached hydrogens (tertiary/aromatic N) is 2. The molecule has 1 aliphatic heterocycles. The Balaban J connectivity index is 1.95. The lowest BCUT2D eigenvalue weighted by Crippen LogP contribution is -2.58. The highest BCUT2D eigenvalue weighted by molar-refractivity contribution is 6.07. The molecule has 0 bridgehead atoms. The maximum Gasteiger partial charge on any atom is 0.346 e. The number of aliphatic hydroxyl groups excluding tert-OH is 1. The summed E-state index contributed by atoms with van der Waals surface area (Å²) in [5, 5.41) is 14.1. The van der Waals surface area contributed by atoms with Gasteiger partial charge < -0.3 is 19.4 Å². The molecule has 2 fully saturated rings. The molecule has 7 heteroatoms. The van der Waals surface area contributed by atoms with E-state index in [4.69, 9.17) is 14.3 Å². The van der Waals surface area contributed by atoms with E-state index in [-0.39, 0.29) is 18.8 Å². The molecule has 1 saturated carbocycles. The highest BCUT2D eigenvalue weighted by Crippen LogP contribution is 2.39. The van der Waals surface area contributed by atoms with Crippen LogP contribution in [0.1, 0.15) is 50.5 Å². The Labute approximate surface area is 179 Å². The molecule has 3 rings (SSSR count). The number of hydrogen-bond donors (Lipinski definition) is 1. The molecular weight excluding hydrogens is 384 g/mol. The number of benzene rings is 1. The van der Waals surface area contributed by atoms with Gasteiger partial charge in [0.15, 0.2) is 0 Å². The third-order valence-corrected chi connectivity index (χ3v) is 6.53. The fourth-order valence-corrected chi connectivity index (χ4v) is 4.75. The van der Waals surface area contributed by atoms with E-state index in [1.54, 1.807) is 7.11 Å². The zero-order chi connectivity index (χ0) is 21.4. The summed E-state index contributed by atoms with van der Waals surface area (Å²) in [5.74, 6) is 0.711. The number of methoxy groups -OCH3 is 2. The lowest BCUT2D eigenvalue weighted by Gasteiger charge is -2.49. The molecule has 0 spiro atoms. The molecule has 2 aliphatic rings. The van der Waals surface area contributed by atoms with E-state index in [1.165, 1.54) is 13.5 Å². The summed E-state index contributed by atoms with van der Waals surface area (Å²) >= 11 is 0. The Kier molecular flexibility index (Phi) is 8.10. The van der Waals surface area contributed by atoms with Gasteiger partial charge in [-0.2, -0.15) is 0 Å². The van der Waals surface area contributed by atoms with Crippen LogP contribution in [0.4, 0.5) is 0 Å². The Morgan fingerprint density at radius 1 is 1.13 bits per heavy atom. The fourth-order valence-electron chi connectivity index (χ4n) is 4.75. The zero-order valence-electron chi connectivity index (χ0n) is 18.1. The zero-order valence-corrected chi connectivity index (χ0v) is 18.1. The fraction of sp³-hybridized carbons (Fsp3) is 0.652. The third kappa shape index (κ3) is 5.13. The molecule has 1 N–H and O–H groups in total. The molecule has 1 aromatic carbocycles. The molecule has 0 unspecified atom stereocenters. The van der Waals surface area contributed by atoms with Crippen molar-refractivity contribution >= 4 is 11.7 Å². The Morgan fingerprint density at radius 3 is 2.37 bits per heavy atom. The van der Waals surface area contributed by atoms with Crippen molar-refractivity contribution in [1.82, 2.24) is 4.90 Å². The van der Waals surface area contributed by atoms with Crippen molar-refractivity contribution in [3.63, 3.8) is 0 Å². The van der Waals surface area contributed by atoms with Gasteiger partial charge in [-0.25, -0.2) is 4.79 Å². The van der Waals surface area contributed by atoms with Crippen molar-refractivity contribution in [2.75, 3.05) is 40.5 Å². The maximum atomic E-state index is 11.6. The maximum absolute atomic E-state index is 11.6. The van der Waals surface area contributed by atoms with Gasteiger partial charge in [0.2, 0.25) is 6.61 Å². The minimum Gasteiger partial charge on any atom is -0.497 e. The molecule has 1 aliphatic carbocycles. The summed E-state index contributed by atoms with van der Waals surface area (Å²) < 4.78 is 10.0. The summed E-state index contributed by atoms with van der Waals surface area (Å²) in [5.41, 5.74) is 1.62. The summed E-state index contributed by atoms with van der Waals surface area (Å²) in [6.45, 7) is 1.90. The lowest BCUT2D eigenvalue weighted by molar-refractivity contribution is -0.145. The van der Waals surface area contributed by atoms with Gasteiger partial charge in [-0.15, -0.1) is 0 Å². The topological polar surface area (TPSA) is 80.6 Å². The molecule has 30 heavy (non-hydrogen) atoms. The first-order valence-electron chi connectivity index (χ1n) is 10.9. The van der Waals surface area contributed by atoms with E-state index in [0.717, 1.165) is 68.6 Å². The van der Waals surface area contributed by atoms with Crippen molar-refractivity contribution in [2.24, 2.45) is 11.1 Å². The van der Waals surface area contributed by atoms with Gasteiger partial charge in [0, 0.05) is 12.2 Å². The Hall–Kier alpha value is -2.12. The Morgan fingerprint density at radius 2 is 1.80 bits per heavy atom. The van der Waals surface area contributed by atoms with Crippen LogP contribution in [-0.2, 0) is 14.4 Å². The van der Waals surface area contributed by atoms with Gasteiger partial charge in [0.05, 0.1) is 19.8 Å². The van der Waals surface area contributed by atoms with E-state index in [9.17, 15) is 9.90 Å². The summed E-state index contributed by atoms with van der Waals surface area (Å²) in [7, 11) is 2.99. The number of esters is 1. The predicted octanol–water partition coefficient (Wildman–Crippen LogP) is 3.00. The SMILES string of the molecule is COC(=O)CON=C(c1ccc(OC)cc1)C1(N2CCC(CO)CC2)CCCCC1. The average molecular weight is 419 g/mol. The normalized spacial score (nSPS) is 20.6. The van der Waals surface area contributed by atoms with E-state index >= 15 is 0 Å². The van der Waals surface area contributed by atoms with Crippen molar-refractivity contribution in [3.8, 4) is 5.75 Å². The highest BCUT2D eigenvalue weighted by atomic mass is 16.6. The molecule has 7 nitrogen and oxygen atoms in total. The molecule has 1 heterocycles. The first-order chi connectivity index (χ1) is 14.6. The molecule has 1 saturated heterocycles. The second kappa shape index (κ2) is 10.8. The molecule has 0 atom stereocenters. The lowest BCUT2D eigenvalue weighted by atomic mass is 9.73. The smallest absolute Gasteiger partial charge is 0.346 e. The number of ether oxygens (including phenoxy) is 2. The monoisotopic (exact) mass is 418 g/mol. The van der Waals surface area contributed by atoms with Crippen LogP contribution in [0, 0.1) is 5.92 Å². The van der Waals surface area contributed by atoms with Gasteiger partial charge in [-0.1, -0.05) is 24.4 Å². The van der Waals surface area contributed by atoms with Crippen LogP contribution in [0.15, 0.2) is 29.4 Å². The van der Waals surface area contributed by atoms with Crippen molar-refractivity contribution in [1.29, 1.82) is 0 Å². The number of aliphatic hydroxyl groups is 1. The number of carbonyl (C=O) groups is 1. The summed E-state index contributed by atoms with van der Waals surface area (Å²) in [6.07, 6.45) is 7.45. The predicted molar refractivity (Wildman–Crippen MR) is 115 cm³/mol. The standard InChI is InChI=1S/C23H34N2O5/c1-28-20-8-6-19(7-9-20)22(24-30-17-21(27)29-2)23(12-4-3-5-13-23)25-14-10-18(16-26)11-15-25/h6-9,18,26H,3-5,10-17H2,1-2H3. The van der Waals surface area contributed by atoms with Crippen LogP contribution in [-0.4, -0.2) is 67.7 Å². The van der Waals surface area contributed by atoms with E-state index in [1.807, 2.05) is 24.3 Å². The number of likely N-dealkylation sites (tertiary alicyclic amines) is 1. The van der Waals surface area contributed by atoms with Crippen molar-refractivity contribution in [2.45, 2.75) is 50.5 Å². The molecule has 0 radical (unpaired) electrons. The van der Waals surface area contributed by atoms with Gasteiger partial charge >= 0.3 is 5.97 Å². The van der Waals surface area contributed by atoms with E-state index in [0.29, 0.717) is 5.92 Å². The minimum absolute atomic E-state index is 0.210. The van der Waals surface area contributed by atoms with Gasteiger partial charge in [0.1, 0.15) is 11.5 Å². The van der Waals surface area contributed by atoms with Crippen LogP contribution in [0.3, 0.4) is 0 Å². The number of rotatable bonds is 8. The first kappa shape index (κ1) is 22.6. The van der Waals surface area contributed by atoms with Crippen LogP contribution in [0.5, 0.6) is 5.75 Å². The third-order valence-electron chi connectivity index (χ3n) is 6.53. The summed E-state index contributed by atoms with van der Waals surface area (Å²) in [6, 6.07) is 7.88. The van der Waals surface area contributed by atoms with Crippen LogP contribution in [0.2, 0.25) is 0 Å². The van der Waals surface area contributed by atoms with E-state index in [2.05, 4.69) is 10.1 Å². The number of oxime groups is 1. The quantitative estimate of drug-likeness (QED) is 0.397. The van der Waals surface area contributed by atoms with Crippen molar-refractivity contribution < 1.29 is 24.2 Å². The van der Waals surface area contributed by atoms with Gasteiger partial charge in [-0.3, -0.25) is 4.90 Å². The second-order valence-electron chi connectivity index (χ2n) is 8.22. The molecule has 1 aromatic rings. The minimum atomic E-state index is -0.450. The highest BCUT2D eigenvalue weighted by Gasteiger charge is 2.44. The van der Waals surface area contributed by atoms with Crippen LogP contribution in [0.25, 0.3) is 0 Å².